The molecule has 0 aliphatic rings. The molecular formula is C8H6BrClN2O2. The Balaban J connectivity index is 3.09. The second-order valence-corrected chi connectivity index (χ2v) is 3.89. The molecule has 74 valence electrons. The zero-order chi connectivity index (χ0) is 10.7. The highest BCUT2D eigenvalue weighted by molar-refractivity contribution is 9.10. The molecule has 14 heavy (non-hydrogen) atoms. The third-order valence-electron chi connectivity index (χ3n) is 1.47. The van der Waals surface area contributed by atoms with E-state index in [0.29, 0.717) is 10.7 Å². The number of aromatic nitrogens is 1. The second-order valence-electron chi connectivity index (χ2n) is 2.56. The van der Waals surface area contributed by atoms with Crippen LogP contribution in [0.4, 0.5) is 0 Å². The van der Waals surface area contributed by atoms with Gasteiger partial charge >= 0.3 is 0 Å². The van der Waals surface area contributed by atoms with Crippen molar-refractivity contribution in [2.45, 2.75) is 6.92 Å². The summed E-state index contributed by atoms with van der Waals surface area (Å²) < 4.78 is 0.735. The third kappa shape index (κ3) is 2.78. The molecule has 0 aliphatic carbocycles. The van der Waals surface area contributed by atoms with Crippen LogP contribution in [0.3, 0.4) is 0 Å². The lowest BCUT2D eigenvalue weighted by molar-refractivity contribution is -0.422. The topological polar surface area (TPSA) is 56.0 Å². The fraction of sp³-hybridized carbons (Fsp3) is 0.125. The van der Waals surface area contributed by atoms with E-state index >= 15 is 0 Å². The van der Waals surface area contributed by atoms with Gasteiger partial charge in [-0.1, -0.05) is 11.6 Å². The smallest absolute Gasteiger partial charge is 0.245 e. The van der Waals surface area contributed by atoms with Gasteiger partial charge in [-0.15, -0.1) is 0 Å². The van der Waals surface area contributed by atoms with Crippen LogP contribution in [0.2, 0.25) is 5.02 Å². The van der Waals surface area contributed by atoms with Gasteiger partial charge in [0, 0.05) is 23.7 Å². The van der Waals surface area contributed by atoms with E-state index in [1.54, 1.807) is 6.07 Å². The maximum Gasteiger partial charge on any atom is 0.245 e. The molecule has 0 saturated heterocycles. The molecule has 0 aliphatic heterocycles. The molecule has 1 heterocycles. The Morgan fingerprint density at radius 3 is 2.93 bits per heavy atom. The summed E-state index contributed by atoms with van der Waals surface area (Å²) in [5.41, 5.74) is 0.394. The zero-order valence-corrected chi connectivity index (χ0v) is 9.54. The quantitative estimate of drug-likeness (QED) is 0.616. The number of nitro groups is 1. The second kappa shape index (κ2) is 4.52. The first-order valence-electron chi connectivity index (χ1n) is 3.64. The summed E-state index contributed by atoms with van der Waals surface area (Å²) in [6.45, 7) is 1.39. The fourth-order valence-electron chi connectivity index (χ4n) is 0.782. The van der Waals surface area contributed by atoms with Crippen LogP contribution in [0, 0.1) is 10.1 Å². The molecule has 0 aromatic carbocycles. The lowest BCUT2D eigenvalue weighted by atomic mass is 10.3. The average molecular weight is 278 g/mol. The Kier molecular flexibility index (Phi) is 3.60. The molecule has 0 atom stereocenters. The van der Waals surface area contributed by atoms with Gasteiger partial charge in [-0.25, -0.2) is 0 Å². The molecule has 0 spiro atoms. The first kappa shape index (κ1) is 11.1. The largest absolute Gasteiger partial charge is 0.259 e. The van der Waals surface area contributed by atoms with Crippen LogP contribution in [0.5, 0.6) is 0 Å². The van der Waals surface area contributed by atoms with Crippen molar-refractivity contribution >= 4 is 33.6 Å². The molecular weight excluding hydrogens is 271 g/mol. The van der Waals surface area contributed by atoms with Crippen molar-refractivity contribution < 1.29 is 4.92 Å². The van der Waals surface area contributed by atoms with Crippen LogP contribution in [0.25, 0.3) is 6.08 Å². The lowest BCUT2D eigenvalue weighted by Gasteiger charge is -1.97. The Bertz CT molecular complexity index is 406. The zero-order valence-electron chi connectivity index (χ0n) is 7.20. The fourth-order valence-corrected chi connectivity index (χ4v) is 1.47. The number of halogens is 2. The maximum absolute atomic E-state index is 10.3. The van der Waals surface area contributed by atoms with E-state index in [-0.39, 0.29) is 5.70 Å². The van der Waals surface area contributed by atoms with Gasteiger partial charge in [0.15, 0.2) is 0 Å². The normalized spacial score (nSPS) is 11.5. The van der Waals surface area contributed by atoms with E-state index in [0.717, 1.165) is 4.47 Å². The Morgan fingerprint density at radius 1 is 1.79 bits per heavy atom. The Morgan fingerprint density at radius 2 is 2.43 bits per heavy atom. The minimum atomic E-state index is -0.486. The average Bonchev–Trinajstić information content (AvgIpc) is 2.09. The van der Waals surface area contributed by atoms with Crippen LogP contribution in [-0.2, 0) is 0 Å². The summed E-state index contributed by atoms with van der Waals surface area (Å²) in [7, 11) is 0. The van der Waals surface area contributed by atoms with Crippen molar-refractivity contribution in [3.63, 3.8) is 0 Å². The monoisotopic (exact) mass is 276 g/mol. The van der Waals surface area contributed by atoms with E-state index in [2.05, 4.69) is 20.9 Å². The number of allylic oxidation sites excluding steroid dienone is 1. The molecule has 0 unspecified atom stereocenters. The predicted molar refractivity (Wildman–Crippen MR) is 57.6 cm³/mol. The summed E-state index contributed by atoms with van der Waals surface area (Å²) in [6.07, 6.45) is 2.86. The van der Waals surface area contributed by atoms with Crippen molar-refractivity contribution in [1.29, 1.82) is 0 Å². The number of hydrogen-bond acceptors (Lipinski definition) is 3. The molecule has 4 nitrogen and oxygen atoms in total. The summed E-state index contributed by atoms with van der Waals surface area (Å²) in [5.74, 6) is 0. The highest BCUT2D eigenvalue weighted by atomic mass is 79.9. The summed E-state index contributed by atoms with van der Waals surface area (Å²) >= 11 is 9.01. The minimum absolute atomic E-state index is 0.00159. The number of hydrogen-bond donors (Lipinski definition) is 0. The van der Waals surface area contributed by atoms with E-state index in [4.69, 9.17) is 11.6 Å². The van der Waals surface area contributed by atoms with Crippen LogP contribution in [0.15, 0.2) is 22.4 Å². The molecule has 0 amide bonds. The van der Waals surface area contributed by atoms with Gasteiger partial charge in [-0.3, -0.25) is 15.1 Å². The van der Waals surface area contributed by atoms with Crippen LogP contribution < -0.4 is 0 Å². The summed E-state index contributed by atoms with van der Waals surface area (Å²) in [6, 6.07) is 1.63. The van der Waals surface area contributed by atoms with Gasteiger partial charge < -0.3 is 0 Å². The third-order valence-corrected chi connectivity index (χ3v) is 2.21. The molecule has 0 fully saturated rings. The van der Waals surface area contributed by atoms with Crippen LogP contribution in [0.1, 0.15) is 12.6 Å². The van der Waals surface area contributed by atoms with Gasteiger partial charge in [0.2, 0.25) is 5.70 Å². The van der Waals surface area contributed by atoms with Gasteiger partial charge in [0.1, 0.15) is 0 Å². The molecule has 0 bridgehead atoms. The van der Waals surface area contributed by atoms with Crippen molar-refractivity contribution in [2.24, 2.45) is 0 Å². The molecule has 0 saturated carbocycles. The van der Waals surface area contributed by atoms with Crippen molar-refractivity contribution in [2.75, 3.05) is 0 Å². The van der Waals surface area contributed by atoms with E-state index in [1.807, 2.05) is 0 Å². The number of rotatable bonds is 2. The molecule has 0 radical (unpaired) electrons. The number of nitrogens with zero attached hydrogens (tertiary/aromatic N) is 2. The molecule has 0 N–H and O–H groups in total. The van der Waals surface area contributed by atoms with Gasteiger partial charge in [-0.2, -0.15) is 0 Å². The standard InChI is InChI=1S/C8H6BrClN2O2/c1-5(12(13)14)2-8-7(10)3-6(9)4-11-8/h2-4H,1H3. The Labute approximate surface area is 93.9 Å². The van der Waals surface area contributed by atoms with E-state index < -0.39 is 4.92 Å². The predicted octanol–water partition coefficient (Wildman–Crippen LogP) is 3.14. The van der Waals surface area contributed by atoms with Crippen LogP contribution >= 0.6 is 27.5 Å². The van der Waals surface area contributed by atoms with Crippen LogP contribution in [-0.4, -0.2) is 9.91 Å². The maximum atomic E-state index is 10.3. The minimum Gasteiger partial charge on any atom is -0.259 e. The van der Waals surface area contributed by atoms with E-state index in [9.17, 15) is 10.1 Å². The molecule has 1 aromatic rings. The summed E-state index contributed by atoms with van der Waals surface area (Å²) in [5, 5.41) is 10.7. The highest BCUT2D eigenvalue weighted by Gasteiger charge is 2.06. The first-order valence-corrected chi connectivity index (χ1v) is 4.81. The van der Waals surface area contributed by atoms with Gasteiger partial charge in [0.05, 0.1) is 15.6 Å². The van der Waals surface area contributed by atoms with Gasteiger partial charge in [0.25, 0.3) is 0 Å². The first-order chi connectivity index (χ1) is 6.50. The molecule has 1 aromatic heterocycles. The molecule has 6 heteroatoms. The van der Waals surface area contributed by atoms with Crippen molar-refractivity contribution in [1.82, 2.24) is 4.98 Å². The SMILES string of the molecule is CC(=Cc1ncc(Br)cc1Cl)[N+](=O)[O-]. The van der Waals surface area contributed by atoms with Crippen molar-refractivity contribution in [3.05, 3.63) is 43.3 Å². The number of pyridine rings is 1. The molecule has 1 rings (SSSR count). The lowest BCUT2D eigenvalue weighted by Crippen LogP contribution is -1.94. The van der Waals surface area contributed by atoms with Gasteiger partial charge in [-0.05, 0) is 22.0 Å². The van der Waals surface area contributed by atoms with E-state index in [1.165, 1.54) is 19.2 Å². The summed E-state index contributed by atoms with van der Waals surface area (Å²) in [4.78, 5) is 13.8. The van der Waals surface area contributed by atoms with Crippen molar-refractivity contribution in [3.8, 4) is 0 Å². The Hall–Kier alpha value is -0.940. The highest BCUT2D eigenvalue weighted by Crippen LogP contribution is 2.20.